The summed E-state index contributed by atoms with van der Waals surface area (Å²) in [6, 6.07) is 0.672. The highest BCUT2D eigenvalue weighted by Gasteiger charge is 2.53. The SMILES string of the molecule is CN=C(NCC1CN2CCCC2CO1)N1CC(C)(C)C1(C)C. The van der Waals surface area contributed by atoms with E-state index in [0.29, 0.717) is 11.5 Å². The minimum Gasteiger partial charge on any atom is -0.373 e. The first-order chi connectivity index (χ1) is 10.3. The molecule has 1 N–H and O–H groups in total. The molecule has 0 spiro atoms. The number of morpholine rings is 1. The van der Waals surface area contributed by atoms with Crippen LogP contribution in [0.2, 0.25) is 0 Å². The summed E-state index contributed by atoms with van der Waals surface area (Å²) in [6.45, 7) is 14.4. The van der Waals surface area contributed by atoms with E-state index in [1.165, 1.54) is 19.4 Å². The third kappa shape index (κ3) is 2.62. The second-order valence-electron chi connectivity index (χ2n) is 8.20. The van der Waals surface area contributed by atoms with E-state index in [9.17, 15) is 0 Å². The maximum absolute atomic E-state index is 6.03. The van der Waals surface area contributed by atoms with E-state index in [2.05, 4.69) is 47.8 Å². The van der Waals surface area contributed by atoms with Gasteiger partial charge in [-0.15, -0.1) is 0 Å². The predicted molar refractivity (Wildman–Crippen MR) is 90.3 cm³/mol. The van der Waals surface area contributed by atoms with Gasteiger partial charge in [0.05, 0.1) is 12.7 Å². The first kappa shape index (κ1) is 16.1. The predicted octanol–water partition coefficient (Wildman–Crippen LogP) is 1.55. The molecule has 0 bridgehead atoms. The van der Waals surface area contributed by atoms with Gasteiger partial charge < -0.3 is 15.0 Å². The zero-order valence-electron chi connectivity index (χ0n) is 14.9. The molecule has 0 saturated carbocycles. The molecular weight excluding hydrogens is 276 g/mol. The van der Waals surface area contributed by atoms with Gasteiger partial charge in [-0.05, 0) is 33.2 Å². The third-order valence-electron chi connectivity index (χ3n) is 6.30. The lowest BCUT2D eigenvalue weighted by molar-refractivity contribution is -0.0694. The first-order valence-corrected chi connectivity index (χ1v) is 8.69. The molecule has 126 valence electrons. The number of ether oxygens (including phenoxy) is 1. The van der Waals surface area contributed by atoms with E-state index in [-0.39, 0.29) is 11.6 Å². The fourth-order valence-corrected chi connectivity index (χ4v) is 3.91. The molecular formula is C17H32N4O. The molecule has 5 heteroatoms. The first-order valence-electron chi connectivity index (χ1n) is 8.69. The Morgan fingerprint density at radius 2 is 2.09 bits per heavy atom. The maximum atomic E-state index is 6.03. The van der Waals surface area contributed by atoms with E-state index in [1.807, 2.05) is 7.05 Å². The second-order valence-corrected chi connectivity index (χ2v) is 8.20. The number of nitrogens with zero attached hydrogens (tertiary/aromatic N) is 3. The summed E-state index contributed by atoms with van der Waals surface area (Å²) < 4.78 is 6.03. The van der Waals surface area contributed by atoms with Crippen LogP contribution in [0, 0.1) is 5.41 Å². The molecule has 0 aromatic rings. The zero-order chi connectivity index (χ0) is 16.0. The lowest BCUT2D eigenvalue weighted by Crippen LogP contribution is -2.72. The number of nitrogens with one attached hydrogen (secondary N) is 1. The van der Waals surface area contributed by atoms with E-state index < -0.39 is 0 Å². The molecule has 2 atom stereocenters. The molecule has 5 nitrogen and oxygen atoms in total. The molecule has 3 aliphatic rings. The van der Waals surface area contributed by atoms with E-state index in [4.69, 9.17) is 4.74 Å². The number of rotatable bonds is 2. The van der Waals surface area contributed by atoms with Crippen molar-refractivity contribution in [3.63, 3.8) is 0 Å². The lowest BCUT2D eigenvalue weighted by Gasteiger charge is -2.62. The van der Waals surface area contributed by atoms with Gasteiger partial charge in [-0.25, -0.2) is 0 Å². The molecule has 0 radical (unpaired) electrons. The minimum atomic E-state index is 0.141. The monoisotopic (exact) mass is 308 g/mol. The molecule has 2 unspecified atom stereocenters. The van der Waals surface area contributed by atoms with Crippen LogP contribution < -0.4 is 5.32 Å². The largest absolute Gasteiger partial charge is 0.373 e. The quantitative estimate of drug-likeness (QED) is 0.621. The van der Waals surface area contributed by atoms with Gasteiger partial charge in [-0.3, -0.25) is 9.89 Å². The topological polar surface area (TPSA) is 40.1 Å². The molecule has 3 aliphatic heterocycles. The summed E-state index contributed by atoms with van der Waals surface area (Å²) in [4.78, 5) is 9.46. The van der Waals surface area contributed by atoms with Crippen LogP contribution >= 0.6 is 0 Å². The number of aliphatic imine (C=N–C) groups is 1. The Bertz CT molecular complexity index is 446. The lowest BCUT2D eigenvalue weighted by atomic mass is 9.65. The molecule has 0 aromatic heterocycles. The highest BCUT2D eigenvalue weighted by Crippen LogP contribution is 2.46. The summed E-state index contributed by atoms with van der Waals surface area (Å²) in [7, 11) is 1.88. The highest BCUT2D eigenvalue weighted by atomic mass is 16.5. The van der Waals surface area contributed by atoms with Crippen LogP contribution in [0.5, 0.6) is 0 Å². The summed E-state index contributed by atoms with van der Waals surface area (Å²) >= 11 is 0. The average Bonchev–Trinajstić information content (AvgIpc) is 2.94. The molecule has 0 aliphatic carbocycles. The van der Waals surface area contributed by atoms with E-state index in [0.717, 1.165) is 32.2 Å². The molecule has 3 saturated heterocycles. The molecule has 3 fully saturated rings. The summed E-state index contributed by atoms with van der Waals surface area (Å²) in [6.07, 6.45) is 2.91. The van der Waals surface area contributed by atoms with Gasteiger partial charge in [-0.2, -0.15) is 0 Å². The van der Waals surface area contributed by atoms with Crippen molar-refractivity contribution >= 4 is 5.96 Å². The van der Waals surface area contributed by atoms with E-state index >= 15 is 0 Å². The Labute approximate surface area is 135 Å². The van der Waals surface area contributed by atoms with Gasteiger partial charge >= 0.3 is 0 Å². The molecule has 3 rings (SSSR count). The van der Waals surface area contributed by atoms with Crippen molar-refractivity contribution in [3.8, 4) is 0 Å². The molecule has 22 heavy (non-hydrogen) atoms. The van der Waals surface area contributed by atoms with Crippen molar-refractivity contribution in [3.05, 3.63) is 0 Å². The fourth-order valence-electron chi connectivity index (χ4n) is 3.91. The Kier molecular flexibility index (Phi) is 4.14. The Morgan fingerprint density at radius 3 is 2.73 bits per heavy atom. The third-order valence-corrected chi connectivity index (χ3v) is 6.30. The van der Waals surface area contributed by atoms with Gasteiger partial charge in [0.1, 0.15) is 0 Å². The fraction of sp³-hybridized carbons (Fsp3) is 0.941. The molecule has 3 heterocycles. The Morgan fingerprint density at radius 1 is 1.32 bits per heavy atom. The average molecular weight is 308 g/mol. The zero-order valence-corrected chi connectivity index (χ0v) is 14.9. The number of hydrogen-bond acceptors (Lipinski definition) is 3. The van der Waals surface area contributed by atoms with Crippen LogP contribution in [0.3, 0.4) is 0 Å². The highest BCUT2D eigenvalue weighted by molar-refractivity contribution is 5.82. The summed E-state index contributed by atoms with van der Waals surface area (Å²) in [5, 5.41) is 3.54. The van der Waals surface area contributed by atoms with Gasteiger partial charge in [0.25, 0.3) is 0 Å². The van der Waals surface area contributed by atoms with E-state index in [1.54, 1.807) is 0 Å². The summed E-state index contributed by atoms with van der Waals surface area (Å²) in [5.74, 6) is 1.01. The summed E-state index contributed by atoms with van der Waals surface area (Å²) in [5.41, 5.74) is 0.469. The van der Waals surface area contributed by atoms with Crippen LogP contribution in [0.15, 0.2) is 4.99 Å². The van der Waals surface area contributed by atoms with Gasteiger partial charge in [0, 0.05) is 43.7 Å². The van der Waals surface area contributed by atoms with Gasteiger partial charge in [-0.1, -0.05) is 13.8 Å². The van der Waals surface area contributed by atoms with Crippen molar-refractivity contribution in [1.82, 2.24) is 15.1 Å². The number of hydrogen-bond donors (Lipinski definition) is 1. The van der Waals surface area contributed by atoms with Crippen LogP contribution in [-0.4, -0.2) is 73.3 Å². The van der Waals surface area contributed by atoms with Crippen molar-refractivity contribution in [2.45, 2.75) is 58.2 Å². The van der Waals surface area contributed by atoms with Crippen molar-refractivity contribution in [2.24, 2.45) is 10.4 Å². The Hall–Kier alpha value is -0.810. The minimum absolute atomic E-state index is 0.141. The standard InChI is InChI=1S/C17H32N4O/c1-16(2)12-21(17(16,3)4)15(18-5)19-9-14-10-20-8-6-7-13(20)11-22-14/h13-14H,6-12H2,1-5H3,(H,18,19). The normalized spacial score (nSPS) is 34.2. The maximum Gasteiger partial charge on any atom is 0.194 e. The van der Waals surface area contributed by atoms with Crippen LogP contribution in [0.1, 0.15) is 40.5 Å². The Balaban J connectivity index is 1.52. The van der Waals surface area contributed by atoms with Crippen LogP contribution in [-0.2, 0) is 4.74 Å². The van der Waals surface area contributed by atoms with Gasteiger partial charge in [0.2, 0.25) is 0 Å². The van der Waals surface area contributed by atoms with Gasteiger partial charge in [0.15, 0.2) is 5.96 Å². The number of fused-ring (bicyclic) bond motifs is 1. The van der Waals surface area contributed by atoms with Crippen molar-refractivity contribution in [2.75, 3.05) is 39.8 Å². The smallest absolute Gasteiger partial charge is 0.194 e. The van der Waals surface area contributed by atoms with Crippen molar-refractivity contribution in [1.29, 1.82) is 0 Å². The number of likely N-dealkylation sites (tertiary alicyclic amines) is 1. The van der Waals surface area contributed by atoms with Crippen molar-refractivity contribution < 1.29 is 4.74 Å². The second kappa shape index (κ2) is 5.68. The van der Waals surface area contributed by atoms with Crippen LogP contribution in [0.25, 0.3) is 0 Å². The number of guanidine groups is 1. The van der Waals surface area contributed by atoms with Crippen LogP contribution in [0.4, 0.5) is 0 Å². The molecule has 0 amide bonds. The molecule has 0 aromatic carbocycles.